The Morgan fingerprint density at radius 1 is 1.37 bits per heavy atom. The molecule has 0 aliphatic rings. The first-order valence-electron chi connectivity index (χ1n) is 5.48. The molecule has 0 fully saturated rings. The Kier molecular flexibility index (Phi) is 4.41. The minimum Gasteiger partial charge on any atom is -0.484 e. The van der Waals surface area contributed by atoms with Crippen LogP contribution in [0, 0.1) is 0 Å². The fourth-order valence-corrected chi connectivity index (χ4v) is 1.12. The van der Waals surface area contributed by atoms with E-state index in [9.17, 15) is 18.0 Å². The van der Waals surface area contributed by atoms with E-state index in [4.69, 9.17) is 5.73 Å². The lowest BCUT2D eigenvalue weighted by Gasteiger charge is -2.18. The third-order valence-electron chi connectivity index (χ3n) is 2.08. The van der Waals surface area contributed by atoms with Crippen molar-refractivity contribution in [2.45, 2.75) is 25.6 Å². The van der Waals surface area contributed by atoms with Gasteiger partial charge in [-0.05, 0) is 26.0 Å². The van der Waals surface area contributed by atoms with Crippen LogP contribution in [0.2, 0.25) is 0 Å². The average molecular weight is 276 g/mol. The number of hydrogen-bond acceptors (Lipinski definition) is 3. The maximum atomic E-state index is 12.0. The number of alkyl halides is 3. The number of ether oxygens (including phenoxy) is 1. The summed E-state index contributed by atoms with van der Waals surface area (Å²) in [4.78, 5) is 11.6. The molecule has 0 atom stereocenters. The Morgan fingerprint density at radius 3 is 2.53 bits per heavy atom. The number of halogens is 3. The van der Waals surface area contributed by atoms with Gasteiger partial charge in [-0.3, -0.25) is 4.79 Å². The van der Waals surface area contributed by atoms with Gasteiger partial charge in [-0.2, -0.15) is 13.2 Å². The second-order valence-electron chi connectivity index (χ2n) is 4.61. The zero-order valence-electron chi connectivity index (χ0n) is 10.5. The number of amides is 1. The Hall–Kier alpha value is -1.76. The highest BCUT2D eigenvalue weighted by molar-refractivity contribution is 5.97. The highest BCUT2D eigenvalue weighted by Crippen LogP contribution is 2.21. The molecule has 0 aromatic heterocycles. The molecule has 1 aromatic carbocycles. The van der Waals surface area contributed by atoms with E-state index in [0.717, 1.165) is 0 Å². The van der Waals surface area contributed by atoms with Gasteiger partial charge in [-0.25, -0.2) is 0 Å². The number of rotatable bonds is 4. The molecule has 1 amide bonds. The largest absolute Gasteiger partial charge is 0.484 e. The number of hydrogen-bond donors (Lipinski definition) is 2. The van der Waals surface area contributed by atoms with E-state index >= 15 is 0 Å². The lowest BCUT2D eigenvalue weighted by Crippen LogP contribution is -2.45. The molecule has 0 bridgehead atoms. The molecule has 4 nitrogen and oxygen atoms in total. The Labute approximate surface area is 108 Å². The minimum atomic E-state index is -4.40. The van der Waals surface area contributed by atoms with Crippen molar-refractivity contribution in [3.05, 3.63) is 24.3 Å². The van der Waals surface area contributed by atoms with Crippen molar-refractivity contribution in [3.8, 4) is 5.75 Å². The molecule has 106 valence electrons. The third-order valence-corrected chi connectivity index (χ3v) is 2.08. The molecule has 0 aliphatic carbocycles. The number of anilines is 1. The number of benzene rings is 1. The van der Waals surface area contributed by atoms with Crippen LogP contribution in [0.1, 0.15) is 13.8 Å². The molecule has 0 radical (unpaired) electrons. The van der Waals surface area contributed by atoms with Crippen molar-refractivity contribution < 1.29 is 22.7 Å². The Bertz CT molecular complexity index is 453. The van der Waals surface area contributed by atoms with E-state index in [-0.39, 0.29) is 5.75 Å². The van der Waals surface area contributed by atoms with Crippen LogP contribution in [0.5, 0.6) is 5.75 Å². The van der Waals surface area contributed by atoms with Gasteiger partial charge in [0.1, 0.15) is 5.75 Å². The number of nitrogens with one attached hydrogen (secondary N) is 1. The smallest absolute Gasteiger partial charge is 0.422 e. The Balaban J connectivity index is 2.70. The van der Waals surface area contributed by atoms with E-state index in [1.54, 1.807) is 0 Å². The van der Waals surface area contributed by atoms with Crippen molar-refractivity contribution in [2.75, 3.05) is 11.9 Å². The first-order valence-corrected chi connectivity index (χ1v) is 5.48. The van der Waals surface area contributed by atoms with Crippen LogP contribution in [0.15, 0.2) is 24.3 Å². The van der Waals surface area contributed by atoms with Gasteiger partial charge in [-0.15, -0.1) is 0 Å². The fraction of sp³-hybridized carbons (Fsp3) is 0.417. The van der Waals surface area contributed by atoms with Gasteiger partial charge in [0.15, 0.2) is 6.61 Å². The van der Waals surface area contributed by atoms with E-state index in [2.05, 4.69) is 10.1 Å². The lowest BCUT2D eigenvalue weighted by atomic mass is 10.1. The second-order valence-corrected chi connectivity index (χ2v) is 4.61. The molecule has 0 aliphatic heterocycles. The summed E-state index contributed by atoms with van der Waals surface area (Å²) in [5, 5.41) is 2.49. The summed E-state index contributed by atoms with van der Waals surface area (Å²) in [5.41, 5.74) is 4.83. The summed E-state index contributed by atoms with van der Waals surface area (Å²) in [6.07, 6.45) is -4.40. The topological polar surface area (TPSA) is 64.4 Å². The van der Waals surface area contributed by atoms with Crippen molar-refractivity contribution in [1.82, 2.24) is 0 Å². The van der Waals surface area contributed by atoms with Crippen molar-refractivity contribution >= 4 is 11.6 Å². The fourth-order valence-electron chi connectivity index (χ4n) is 1.12. The highest BCUT2D eigenvalue weighted by atomic mass is 19.4. The standard InChI is InChI=1S/C12H15F3N2O2/c1-11(2,16)10(18)17-8-4-3-5-9(6-8)19-7-12(13,14)15/h3-6H,7,16H2,1-2H3,(H,17,18). The predicted molar refractivity (Wildman–Crippen MR) is 64.9 cm³/mol. The zero-order chi connectivity index (χ0) is 14.7. The van der Waals surface area contributed by atoms with Crippen LogP contribution < -0.4 is 15.8 Å². The van der Waals surface area contributed by atoms with E-state index in [1.165, 1.54) is 38.1 Å². The summed E-state index contributed by atoms with van der Waals surface area (Å²) in [5.74, 6) is -0.426. The molecule has 1 rings (SSSR count). The highest BCUT2D eigenvalue weighted by Gasteiger charge is 2.28. The quantitative estimate of drug-likeness (QED) is 0.887. The molecule has 19 heavy (non-hydrogen) atoms. The summed E-state index contributed by atoms with van der Waals surface area (Å²) in [6, 6.07) is 5.68. The monoisotopic (exact) mass is 276 g/mol. The van der Waals surface area contributed by atoms with E-state index in [1.807, 2.05) is 0 Å². The van der Waals surface area contributed by atoms with Crippen molar-refractivity contribution in [1.29, 1.82) is 0 Å². The van der Waals surface area contributed by atoms with Crippen LogP contribution in [0.3, 0.4) is 0 Å². The van der Waals surface area contributed by atoms with E-state index < -0.39 is 24.2 Å². The molecule has 3 N–H and O–H groups in total. The van der Waals surface area contributed by atoms with Crippen LogP contribution in [0.25, 0.3) is 0 Å². The van der Waals surface area contributed by atoms with Gasteiger partial charge >= 0.3 is 6.18 Å². The van der Waals surface area contributed by atoms with Gasteiger partial charge in [-0.1, -0.05) is 6.07 Å². The SMILES string of the molecule is CC(C)(N)C(=O)Nc1cccc(OCC(F)(F)F)c1. The molecule has 0 heterocycles. The first-order chi connectivity index (χ1) is 8.58. The van der Waals surface area contributed by atoms with Crippen LogP contribution in [-0.2, 0) is 4.79 Å². The zero-order valence-corrected chi connectivity index (χ0v) is 10.5. The molecule has 7 heteroatoms. The number of carbonyl (C=O) groups excluding carboxylic acids is 1. The third kappa shape index (κ3) is 5.60. The average Bonchev–Trinajstić information content (AvgIpc) is 2.25. The molecule has 0 unspecified atom stereocenters. The maximum Gasteiger partial charge on any atom is 0.422 e. The molecular weight excluding hydrogens is 261 g/mol. The van der Waals surface area contributed by atoms with Gasteiger partial charge < -0.3 is 15.8 Å². The predicted octanol–water partition coefficient (Wildman–Crippen LogP) is 2.30. The molecule has 0 spiro atoms. The molecule has 0 saturated carbocycles. The van der Waals surface area contributed by atoms with Crippen LogP contribution >= 0.6 is 0 Å². The van der Waals surface area contributed by atoms with Crippen LogP contribution in [-0.4, -0.2) is 24.2 Å². The summed E-state index contributed by atoms with van der Waals surface area (Å²) in [7, 11) is 0. The number of carbonyl (C=O) groups is 1. The lowest BCUT2D eigenvalue weighted by molar-refractivity contribution is -0.153. The number of nitrogens with two attached hydrogens (primary N) is 1. The van der Waals surface area contributed by atoms with Crippen molar-refractivity contribution in [3.63, 3.8) is 0 Å². The summed E-state index contributed by atoms with van der Waals surface area (Å²) in [6.45, 7) is 1.66. The van der Waals surface area contributed by atoms with E-state index in [0.29, 0.717) is 5.69 Å². The minimum absolute atomic E-state index is 0.0185. The Morgan fingerprint density at radius 2 is 2.00 bits per heavy atom. The molecular formula is C12H15F3N2O2. The molecule has 1 aromatic rings. The van der Waals surface area contributed by atoms with Gasteiger partial charge in [0, 0.05) is 11.8 Å². The molecule has 0 saturated heterocycles. The second kappa shape index (κ2) is 5.48. The van der Waals surface area contributed by atoms with Crippen molar-refractivity contribution in [2.24, 2.45) is 5.73 Å². The summed E-state index contributed by atoms with van der Waals surface area (Å²) < 4.78 is 40.6. The van der Waals surface area contributed by atoms with Gasteiger partial charge in [0.05, 0.1) is 5.54 Å². The van der Waals surface area contributed by atoms with Gasteiger partial charge in [0.2, 0.25) is 5.91 Å². The normalized spacial score (nSPS) is 12.1. The van der Waals surface area contributed by atoms with Gasteiger partial charge in [0.25, 0.3) is 0 Å². The van der Waals surface area contributed by atoms with Crippen LogP contribution in [0.4, 0.5) is 18.9 Å². The first kappa shape index (κ1) is 15.3. The summed E-state index contributed by atoms with van der Waals surface area (Å²) >= 11 is 0. The maximum absolute atomic E-state index is 12.0.